The van der Waals surface area contributed by atoms with E-state index in [1.165, 1.54) is 12.1 Å². The van der Waals surface area contributed by atoms with Crippen molar-refractivity contribution in [2.24, 2.45) is 5.73 Å². The molecule has 0 radical (unpaired) electrons. The van der Waals surface area contributed by atoms with Gasteiger partial charge in [-0.2, -0.15) is 0 Å². The molecule has 0 heterocycles. The van der Waals surface area contributed by atoms with Gasteiger partial charge in [-0.05, 0) is 12.1 Å². The highest BCUT2D eigenvalue weighted by atomic mass is 35.5. The average molecular weight is 307 g/mol. The zero-order valence-corrected chi connectivity index (χ0v) is 11.2. The highest BCUT2D eigenvalue weighted by molar-refractivity contribution is 6.34. The van der Waals surface area contributed by atoms with E-state index >= 15 is 0 Å². The van der Waals surface area contributed by atoms with Gasteiger partial charge in [0.1, 0.15) is 11.9 Å². The van der Waals surface area contributed by atoms with Gasteiger partial charge >= 0.3 is 0 Å². The second-order valence-electron chi connectivity index (χ2n) is 3.59. The molecule has 0 spiro atoms. The largest absolute Gasteiger partial charge is 0.482 e. The molecule has 1 rings (SSSR count). The van der Waals surface area contributed by atoms with E-state index in [9.17, 15) is 9.59 Å². The minimum absolute atomic E-state index is 0.264. The van der Waals surface area contributed by atoms with Crippen LogP contribution in [0.3, 0.4) is 0 Å². The number of hydrogen-bond acceptors (Lipinski definition) is 4. The van der Waals surface area contributed by atoms with Crippen LogP contribution in [0.15, 0.2) is 18.2 Å². The highest BCUT2D eigenvalue weighted by Gasteiger charge is 2.12. The molecule has 0 aliphatic rings. The third kappa shape index (κ3) is 5.34. The van der Waals surface area contributed by atoms with Gasteiger partial charge in [0.15, 0.2) is 6.61 Å². The first-order valence-electron chi connectivity index (χ1n) is 5.22. The van der Waals surface area contributed by atoms with Crippen LogP contribution in [0.5, 0.6) is 5.75 Å². The normalized spacial score (nSPS) is 11.7. The molecule has 8 heteroatoms. The van der Waals surface area contributed by atoms with Crippen LogP contribution in [0.25, 0.3) is 0 Å². The number of ether oxygens (including phenoxy) is 1. The Labute approximate surface area is 119 Å². The maximum Gasteiger partial charge on any atom is 0.258 e. The van der Waals surface area contributed by atoms with Gasteiger partial charge in [0.2, 0.25) is 5.91 Å². The van der Waals surface area contributed by atoms with Crippen LogP contribution in [-0.2, 0) is 9.59 Å². The number of nitrogens with two attached hydrogens (primary N) is 1. The minimum Gasteiger partial charge on any atom is -0.482 e. The van der Waals surface area contributed by atoms with E-state index in [1.807, 2.05) is 0 Å². The predicted molar refractivity (Wildman–Crippen MR) is 70.2 cm³/mol. The maximum atomic E-state index is 11.4. The molecule has 0 bridgehead atoms. The lowest BCUT2D eigenvalue weighted by atomic mass is 10.3. The van der Waals surface area contributed by atoms with Crippen molar-refractivity contribution < 1.29 is 19.4 Å². The highest BCUT2D eigenvalue weighted by Crippen LogP contribution is 2.27. The van der Waals surface area contributed by atoms with E-state index in [2.05, 4.69) is 5.32 Å². The van der Waals surface area contributed by atoms with Crippen LogP contribution < -0.4 is 15.8 Å². The topological polar surface area (TPSA) is 102 Å². The smallest absolute Gasteiger partial charge is 0.258 e. The zero-order valence-electron chi connectivity index (χ0n) is 9.73. The number of amides is 2. The fourth-order valence-corrected chi connectivity index (χ4v) is 1.43. The first-order valence-corrected chi connectivity index (χ1v) is 5.97. The summed E-state index contributed by atoms with van der Waals surface area (Å²) in [4.78, 5) is 21.9. The number of halogens is 2. The number of carbonyl (C=O) groups is 2. The van der Waals surface area contributed by atoms with Crippen LogP contribution in [-0.4, -0.2) is 36.2 Å². The quantitative estimate of drug-likeness (QED) is 0.705. The van der Waals surface area contributed by atoms with E-state index in [-0.39, 0.29) is 18.9 Å². The summed E-state index contributed by atoms with van der Waals surface area (Å²) >= 11 is 11.6. The summed E-state index contributed by atoms with van der Waals surface area (Å²) < 4.78 is 5.15. The minimum atomic E-state index is -1.43. The van der Waals surface area contributed by atoms with E-state index in [4.69, 9.17) is 38.8 Å². The van der Waals surface area contributed by atoms with Gasteiger partial charge in [-0.3, -0.25) is 9.59 Å². The number of carbonyl (C=O) groups excluding carboxylic acids is 2. The summed E-state index contributed by atoms with van der Waals surface area (Å²) in [6.07, 6.45) is -1.43. The second kappa shape index (κ2) is 7.18. The SMILES string of the molecule is NC(=O)C(O)CNC(=O)COc1cc(Cl)ccc1Cl. The lowest BCUT2D eigenvalue weighted by Crippen LogP contribution is -2.41. The Hall–Kier alpha value is -1.50. The molecule has 0 saturated heterocycles. The summed E-state index contributed by atoms with van der Waals surface area (Å²) in [5.41, 5.74) is 4.82. The summed E-state index contributed by atoms with van der Waals surface area (Å²) in [6, 6.07) is 4.59. The number of rotatable bonds is 6. The fourth-order valence-electron chi connectivity index (χ4n) is 1.09. The van der Waals surface area contributed by atoms with Gasteiger partial charge in [-0.25, -0.2) is 0 Å². The number of benzene rings is 1. The van der Waals surface area contributed by atoms with E-state index in [1.54, 1.807) is 6.07 Å². The van der Waals surface area contributed by atoms with Crippen molar-refractivity contribution in [3.05, 3.63) is 28.2 Å². The number of aliphatic hydroxyl groups is 1. The number of aliphatic hydroxyl groups excluding tert-OH is 1. The van der Waals surface area contributed by atoms with Crippen LogP contribution >= 0.6 is 23.2 Å². The molecule has 1 unspecified atom stereocenters. The van der Waals surface area contributed by atoms with Crippen LogP contribution in [0, 0.1) is 0 Å². The molecule has 1 aromatic carbocycles. The summed E-state index contributed by atoms with van der Waals surface area (Å²) in [5.74, 6) is -1.18. The van der Waals surface area contributed by atoms with Crippen molar-refractivity contribution in [1.29, 1.82) is 0 Å². The molecular weight excluding hydrogens is 295 g/mol. The third-order valence-electron chi connectivity index (χ3n) is 2.07. The van der Waals surface area contributed by atoms with Crippen molar-refractivity contribution in [1.82, 2.24) is 5.32 Å². The van der Waals surface area contributed by atoms with Gasteiger partial charge in [0, 0.05) is 11.1 Å². The van der Waals surface area contributed by atoms with Crippen molar-refractivity contribution in [3.8, 4) is 5.75 Å². The summed E-state index contributed by atoms with van der Waals surface area (Å²) in [5, 5.41) is 12.1. The molecule has 19 heavy (non-hydrogen) atoms. The molecule has 0 aliphatic carbocycles. The molecule has 2 amide bonds. The van der Waals surface area contributed by atoms with E-state index in [0.29, 0.717) is 10.0 Å². The van der Waals surface area contributed by atoms with E-state index in [0.717, 1.165) is 0 Å². The maximum absolute atomic E-state index is 11.4. The van der Waals surface area contributed by atoms with Crippen molar-refractivity contribution in [2.75, 3.05) is 13.2 Å². The Morgan fingerprint density at radius 2 is 2.11 bits per heavy atom. The Kier molecular flexibility index (Phi) is 5.88. The van der Waals surface area contributed by atoms with E-state index < -0.39 is 17.9 Å². The first kappa shape index (κ1) is 15.6. The first-order chi connectivity index (χ1) is 8.90. The Morgan fingerprint density at radius 3 is 2.74 bits per heavy atom. The van der Waals surface area contributed by atoms with Gasteiger partial charge in [-0.1, -0.05) is 23.2 Å². The average Bonchev–Trinajstić information content (AvgIpc) is 2.36. The van der Waals surface area contributed by atoms with Crippen LogP contribution in [0.1, 0.15) is 0 Å². The summed E-state index contributed by atoms with van der Waals surface area (Å²) in [7, 11) is 0. The Bertz CT molecular complexity index is 482. The molecule has 104 valence electrons. The number of hydrogen-bond donors (Lipinski definition) is 3. The number of nitrogens with one attached hydrogen (secondary N) is 1. The monoisotopic (exact) mass is 306 g/mol. The lowest BCUT2D eigenvalue weighted by Gasteiger charge is -2.10. The standard InChI is InChI=1S/C11H12Cl2N2O4/c12-6-1-2-7(13)9(3-6)19-5-10(17)15-4-8(16)11(14)18/h1-3,8,16H,4-5H2,(H2,14,18)(H,15,17). The molecule has 1 aromatic rings. The third-order valence-corrected chi connectivity index (χ3v) is 2.62. The molecule has 0 aromatic heterocycles. The van der Waals surface area contributed by atoms with Gasteiger partial charge < -0.3 is 20.9 Å². The molecule has 1 atom stereocenters. The van der Waals surface area contributed by atoms with Gasteiger partial charge in [0.05, 0.1) is 11.6 Å². The molecule has 0 aliphatic heterocycles. The predicted octanol–water partition coefficient (Wildman–Crippen LogP) is 0.335. The fraction of sp³-hybridized carbons (Fsp3) is 0.273. The zero-order chi connectivity index (χ0) is 14.4. The molecule has 0 saturated carbocycles. The Balaban J connectivity index is 2.42. The molecule has 0 fully saturated rings. The van der Waals surface area contributed by atoms with Gasteiger partial charge in [0.25, 0.3) is 5.91 Å². The number of primary amides is 1. The second-order valence-corrected chi connectivity index (χ2v) is 4.43. The van der Waals surface area contributed by atoms with Crippen molar-refractivity contribution in [3.63, 3.8) is 0 Å². The van der Waals surface area contributed by atoms with Crippen molar-refractivity contribution >= 4 is 35.0 Å². The lowest BCUT2D eigenvalue weighted by molar-refractivity contribution is -0.127. The van der Waals surface area contributed by atoms with Crippen molar-refractivity contribution in [2.45, 2.75) is 6.10 Å². The van der Waals surface area contributed by atoms with Gasteiger partial charge in [-0.15, -0.1) is 0 Å². The molecule has 6 nitrogen and oxygen atoms in total. The molecule has 4 N–H and O–H groups in total. The molecular formula is C11H12Cl2N2O4. The Morgan fingerprint density at radius 1 is 1.42 bits per heavy atom. The van der Waals surface area contributed by atoms with Crippen LogP contribution in [0.4, 0.5) is 0 Å². The summed E-state index contributed by atoms with van der Waals surface area (Å²) in [6.45, 7) is -0.605. The van der Waals surface area contributed by atoms with Crippen LogP contribution in [0.2, 0.25) is 10.0 Å².